The summed E-state index contributed by atoms with van der Waals surface area (Å²) in [5.74, 6) is 0.0318. The minimum Gasteiger partial charge on any atom is -0.338 e. The van der Waals surface area contributed by atoms with Crippen molar-refractivity contribution < 1.29 is 9.59 Å². The van der Waals surface area contributed by atoms with Crippen molar-refractivity contribution >= 4 is 17.6 Å². The second-order valence-electron chi connectivity index (χ2n) is 7.88. The zero-order chi connectivity index (χ0) is 17.3. The van der Waals surface area contributed by atoms with E-state index >= 15 is 0 Å². The second kappa shape index (κ2) is 6.22. The van der Waals surface area contributed by atoms with Crippen LogP contribution < -0.4 is 16.0 Å². The van der Waals surface area contributed by atoms with Crippen LogP contribution in [0, 0.1) is 5.41 Å². The Morgan fingerprint density at radius 3 is 2.57 bits per heavy atom. The topological polar surface area (TPSA) is 70.2 Å². The summed E-state index contributed by atoms with van der Waals surface area (Å²) in [4.78, 5) is 23.7. The second-order valence-corrected chi connectivity index (χ2v) is 7.88. The van der Waals surface area contributed by atoms with Gasteiger partial charge in [-0.15, -0.1) is 0 Å². The van der Waals surface area contributed by atoms with Crippen molar-refractivity contribution in [3.05, 3.63) is 29.3 Å². The van der Waals surface area contributed by atoms with Crippen LogP contribution in [-0.4, -0.2) is 25.0 Å². The highest BCUT2D eigenvalue weighted by atomic mass is 16.2. The van der Waals surface area contributed by atoms with E-state index in [9.17, 15) is 9.59 Å². The molecule has 2 rings (SSSR count). The Labute approximate surface area is 138 Å². The van der Waals surface area contributed by atoms with E-state index < -0.39 is 5.41 Å². The molecule has 0 bridgehead atoms. The minimum absolute atomic E-state index is 0.0318. The Morgan fingerprint density at radius 1 is 1.22 bits per heavy atom. The van der Waals surface area contributed by atoms with E-state index in [4.69, 9.17) is 0 Å². The lowest BCUT2D eigenvalue weighted by Gasteiger charge is -2.19. The molecule has 0 fully saturated rings. The highest BCUT2D eigenvalue weighted by Crippen LogP contribution is 2.37. The van der Waals surface area contributed by atoms with Crippen molar-refractivity contribution in [3.8, 4) is 0 Å². The predicted octanol–water partition coefficient (Wildman–Crippen LogP) is 2.80. The molecule has 1 aromatic rings. The number of fused-ring (bicyclic) bond motifs is 1. The molecule has 0 aromatic heterocycles. The van der Waals surface area contributed by atoms with Gasteiger partial charge in [-0.05, 0) is 42.9 Å². The van der Waals surface area contributed by atoms with Crippen molar-refractivity contribution in [2.75, 3.05) is 18.4 Å². The summed E-state index contributed by atoms with van der Waals surface area (Å²) < 4.78 is 0. The average molecular weight is 317 g/mol. The van der Waals surface area contributed by atoms with Crippen LogP contribution in [0.3, 0.4) is 0 Å². The summed E-state index contributed by atoms with van der Waals surface area (Å²) >= 11 is 0. The number of carbonyl (C=O) groups is 2. The summed E-state index contributed by atoms with van der Waals surface area (Å²) in [6.45, 7) is 11.3. The first kappa shape index (κ1) is 17.3. The Hall–Kier alpha value is -2.04. The lowest BCUT2D eigenvalue weighted by Crippen LogP contribution is -2.40. The van der Waals surface area contributed by atoms with Gasteiger partial charge in [0.15, 0.2) is 0 Å². The minimum atomic E-state index is -0.497. The van der Waals surface area contributed by atoms with Gasteiger partial charge in [0.05, 0.1) is 5.41 Å². The maximum Gasteiger partial charge on any atom is 0.314 e. The summed E-state index contributed by atoms with van der Waals surface area (Å²) in [5, 5.41) is 8.63. The maximum atomic E-state index is 11.9. The molecule has 1 heterocycles. The molecule has 0 unspecified atom stereocenters. The number of amides is 3. The van der Waals surface area contributed by atoms with Gasteiger partial charge in [0.1, 0.15) is 0 Å². The SMILES string of the molecule is CC(C)(C)CNC(=O)NCCc1ccc2c(c1)C(C)(C)C(=O)N2. The number of nitrogens with one attached hydrogen (secondary N) is 3. The standard InChI is InChI=1S/C18H27N3O2/c1-17(2,3)11-20-16(23)19-9-8-12-6-7-14-13(10-12)18(4,5)15(22)21-14/h6-7,10H,8-9,11H2,1-5H3,(H,21,22)(H2,19,20,23). The fourth-order valence-electron chi connectivity index (χ4n) is 2.50. The molecule has 3 amide bonds. The Bertz CT molecular complexity index is 615. The maximum absolute atomic E-state index is 11.9. The van der Waals surface area contributed by atoms with E-state index in [0.717, 1.165) is 23.2 Å². The van der Waals surface area contributed by atoms with Gasteiger partial charge in [-0.3, -0.25) is 4.79 Å². The molecule has 23 heavy (non-hydrogen) atoms. The van der Waals surface area contributed by atoms with E-state index in [1.807, 2.05) is 26.0 Å². The Kier molecular flexibility index (Phi) is 4.68. The number of urea groups is 1. The number of anilines is 1. The number of rotatable bonds is 4. The van der Waals surface area contributed by atoms with E-state index in [0.29, 0.717) is 13.1 Å². The fraction of sp³-hybridized carbons (Fsp3) is 0.556. The van der Waals surface area contributed by atoms with Gasteiger partial charge in [0.25, 0.3) is 0 Å². The number of hydrogen-bond acceptors (Lipinski definition) is 2. The average Bonchev–Trinajstić information content (AvgIpc) is 2.67. The van der Waals surface area contributed by atoms with Gasteiger partial charge in [0.2, 0.25) is 5.91 Å². The molecule has 0 aliphatic carbocycles. The first-order chi connectivity index (χ1) is 10.6. The smallest absolute Gasteiger partial charge is 0.314 e. The lowest BCUT2D eigenvalue weighted by atomic mass is 9.85. The van der Waals surface area contributed by atoms with Crippen molar-refractivity contribution in [3.63, 3.8) is 0 Å². The van der Waals surface area contributed by atoms with Crippen molar-refractivity contribution in [2.45, 2.75) is 46.5 Å². The quantitative estimate of drug-likeness (QED) is 0.799. The zero-order valence-corrected chi connectivity index (χ0v) is 14.7. The lowest BCUT2D eigenvalue weighted by molar-refractivity contribution is -0.119. The third-order valence-corrected chi connectivity index (χ3v) is 4.05. The summed E-state index contributed by atoms with van der Waals surface area (Å²) in [5.41, 5.74) is 2.60. The molecule has 1 aliphatic heterocycles. The molecule has 5 nitrogen and oxygen atoms in total. The summed E-state index contributed by atoms with van der Waals surface area (Å²) in [7, 11) is 0. The Balaban J connectivity index is 1.87. The highest BCUT2D eigenvalue weighted by molar-refractivity contribution is 6.05. The van der Waals surface area contributed by atoms with E-state index in [-0.39, 0.29) is 17.4 Å². The highest BCUT2D eigenvalue weighted by Gasteiger charge is 2.38. The molecule has 0 radical (unpaired) electrons. The number of benzene rings is 1. The molecular formula is C18H27N3O2. The van der Waals surface area contributed by atoms with Gasteiger partial charge in [-0.2, -0.15) is 0 Å². The molecule has 0 spiro atoms. The van der Waals surface area contributed by atoms with Crippen molar-refractivity contribution in [1.29, 1.82) is 0 Å². The predicted molar refractivity (Wildman–Crippen MR) is 92.7 cm³/mol. The third kappa shape index (κ3) is 4.24. The number of hydrogen-bond donors (Lipinski definition) is 3. The molecule has 0 atom stereocenters. The number of carbonyl (C=O) groups excluding carboxylic acids is 2. The van der Waals surface area contributed by atoms with Gasteiger partial charge < -0.3 is 16.0 Å². The van der Waals surface area contributed by atoms with Crippen molar-refractivity contribution in [2.24, 2.45) is 5.41 Å². The first-order valence-corrected chi connectivity index (χ1v) is 8.06. The first-order valence-electron chi connectivity index (χ1n) is 8.06. The van der Waals surface area contributed by atoms with Gasteiger partial charge in [-0.1, -0.05) is 32.9 Å². The van der Waals surface area contributed by atoms with Crippen LogP contribution in [0.4, 0.5) is 10.5 Å². The molecule has 3 N–H and O–H groups in total. The monoisotopic (exact) mass is 317 g/mol. The molecule has 5 heteroatoms. The molecule has 1 aromatic carbocycles. The third-order valence-electron chi connectivity index (χ3n) is 4.05. The normalized spacial score (nSPS) is 15.8. The Morgan fingerprint density at radius 2 is 1.91 bits per heavy atom. The molecule has 126 valence electrons. The van der Waals surface area contributed by atoms with Gasteiger partial charge >= 0.3 is 6.03 Å². The van der Waals surface area contributed by atoms with E-state index in [1.54, 1.807) is 0 Å². The zero-order valence-electron chi connectivity index (χ0n) is 14.7. The van der Waals surface area contributed by atoms with Crippen LogP contribution >= 0.6 is 0 Å². The van der Waals surface area contributed by atoms with Gasteiger partial charge in [-0.25, -0.2) is 4.79 Å². The van der Waals surface area contributed by atoms with Crippen LogP contribution in [0.1, 0.15) is 45.7 Å². The largest absolute Gasteiger partial charge is 0.338 e. The van der Waals surface area contributed by atoms with Gasteiger partial charge in [0, 0.05) is 18.8 Å². The summed E-state index contributed by atoms with van der Waals surface area (Å²) in [6.07, 6.45) is 0.737. The fourth-order valence-corrected chi connectivity index (χ4v) is 2.50. The van der Waals surface area contributed by atoms with Crippen LogP contribution in [0.5, 0.6) is 0 Å². The molecule has 0 saturated carbocycles. The van der Waals surface area contributed by atoms with Crippen LogP contribution in [0.25, 0.3) is 0 Å². The molecule has 1 aliphatic rings. The summed E-state index contributed by atoms with van der Waals surface area (Å²) in [6, 6.07) is 5.85. The molecule has 0 saturated heterocycles. The molecular weight excluding hydrogens is 290 g/mol. The van der Waals surface area contributed by atoms with Crippen molar-refractivity contribution in [1.82, 2.24) is 10.6 Å². The van der Waals surface area contributed by atoms with Crippen LogP contribution in [0.2, 0.25) is 0 Å². The van der Waals surface area contributed by atoms with E-state index in [2.05, 4.69) is 42.8 Å². The van der Waals surface area contributed by atoms with Crippen LogP contribution in [0.15, 0.2) is 18.2 Å². The van der Waals surface area contributed by atoms with Crippen LogP contribution in [-0.2, 0) is 16.6 Å². The van der Waals surface area contributed by atoms with E-state index in [1.165, 1.54) is 0 Å².